The first kappa shape index (κ1) is 18.4. The SMILES string of the molecule is CCCCC(CC)C(Cc1cccc(F)c1Cl)NCCC. The molecule has 0 amide bonds. The van der Waals surface area contributed by atoms with E-state index >= 15 is 0 Å². The first-order valence-electron chi connectivity index (χ1n) is 8.30. The number of benzene rings is 1. The molecule has 0 aliphatic carbocycles. The number of halogens is 2. The van der Waals surface area contributed by atoms with Crippen molar-refractivity contribution in [2.45, 2.75) is 65.3 Å². The second kappa shape index (κ2) is 10.2. The molecule has 0 saturated carbocycles. The first-order chi connectivity index (χ1) is 10.1. The molecule has 1 aromatic rings. The van der Waals surface area contributed by atoms with Crippen LogP contribution in [0.1, 0.15) is 58.4 Å². The summed E-state index contributed by atoms with van der Waals surface area (Å²) < 4.78 is 13.6. The van der Waals surface area contributed by atoms with Gasteiger partial charge in [-0.15, -0.1) is 0 Å². The Labute approximate surface area is 134 Å². The summed E-state index contributed by atoms with van der Waals surface area (Å²) in [6.45, 7) is 7.64. The Kier molecular flexibility index (Phi) is 8.94. The van der Waals surface area contributed by atoms with E-state index in [1.807, 2.05) is 6.07 Å². The molecule has 0 fully saturated rings. The van der Waals surface area contributed by atoms with Gasteiger partial charge in [-0.05, 0) is 43.4 Å². The van der Waals surface area contributed by atoms with Crippen LogP contribution in [0, 0.1) is 11.7 Å². The molecule has 1 aromatic carbocycles. The average Bonchev–Trinajstić information content (AvgIpc) is 2.49. The maximum atomic E-state index is 13.6. The van der Waals surface area contributed by atoms with Gasteiger partial charge in [0.15, 0.2) is 0 Å². The van der Waals surface area contributed by atoms with Crippen LogP contribution in [0.2, 0.25) is 5.02 Å². The normalized spacial score (nSPS) is 14.1. The van der Waals surface area contributed by atoms with E-state index in [2.05, 4.69) is 26.1 Å². The van der Waals surface area contributed by atoms with Crippen molar-refractivity contribution < 1.29 is 4.39 Å². The van der Waals surface area contributed by atoms with Gasteiger partial charge in [0.1, 0.15) is 5.82 Å². The van der Waals surface area contributed by atoms with Gasteiger partial charge in [-0.3, -0.25) is 0 Å². The lowest BCUT2D eigenvalue weighted by atomic mass is 9.87. The third kappa shape index (κ3) is 5.96. The number of hydrogen-bond donors (Lipinski definition) is 1. The number of rotatable bonds is 10. The molecule has 1 rings (SSSR count). The molecule has 0 aliphatic rings. The van der Waals surface area contributed by atoms with E-state index < -0.39 is 0 Å². The van der Waals surface area contributed by atoms with Gasteiger partial charge in [0, 0.05) is 6.04 Å². The minimum absolute atomic E-state index is 0.283. The standard InChI is InChI=1S/C18H29ClFN/c1-4-7-9-14(6-3)17(21-12-5-2)13-15-10-8-11-16(20)18(15)19/h8,10-11,14,17,21H,4-7,9,12-13H2,1-3H3. The largest absolute Gasteiger partial charge is 0.313 e. The quantitative estimate of drug-likeness (QED) is 0.592. The van der Waals surface area contributed by atoms with Crippen molar-refractivity contribution in [3.8, 4) is 0 Å². The van der Waals surface area contributed by atoms with Crippen molar-refractivity contribution in [3.05, 3.63) is 34.6 Å². The molecular weight excluding hydrogens is 285 g/mol. The summed E-state index contributed by atoms with van der Waals surface area (Å²) in [5, 5.41) is 3.93. The highest BCUT2D eigenvalue weighted by Crippen LogP contribution is 2.25. The van der Waals surface area contributed by atoms with Crippen LogP contribution in [0.3, 0.4) is 0 Å². The van der Waals surface area contributed by atoms with Crippen LogP contribution in [0.25, 0.3) is 0 Å². The highest BCUT2D eigenvalue weighted by atomic mass is 35.5. The van der Waals surface area contributed by atoms with Crippen molar-refractivity contribution >= 4 is 11.6 Å². The molecule has 1 N–H and O–H groups in total. The van der Waals surface area contributed by atoms with Gasteiger partial charge in [-0.1, -0.05) is 63.8 Å². The molecular formula is C18H29ClFN. The highest BCUT2D eigenvalue weighted by molar-refractivity contribution is 6.31. The van der Waals surface area contributed by atoms with Crippen molar-refractivity contribution in [2.75, 3.05) is 6.54 Å². The van der Waals surface area contributed by atoms with Gasteiger partial charge in [-0.25, -0.2) is 4.39 Å². The van der Waals surface area contributed by atoms with Crippen molar-refractivity contribution in [1.29, 1.82) is 0 Å². The number of hydrogen-bond acceptors (Lipinski definition) is 1. The molecule has 0 spiro atoms. The van der Waals surface area contributed by atoms with E-state index in [9.17, 15) is 4.39 Å². The third-order valence-corrected chi connectivity index (χ3v) is 4.57. The fourth-order valence-corrected chi connectivity index (χ4v) is 3.04. The van der Waals surface area contributed by atoms with E-state index in [0.29, 0.717) is 12.0 Å². The Bertz CT molecular complexity index is 408. The molecule has 21 heavy (non-hydrogen) atoms. The maximum Gasteiger partial charge on any atom is 0.142 e. The van der Waals surface area contributed by atoms with Crippen LogP contribution in [0.15, 0.2) is 18.2 Å². The fourth-order valence-electron chi connectivity index (χ4n) is 2.83. The van der Waals surface area contributed by atoms with Crippen LogP contribution >= 0.6 is 11.6 Å². The molecule has 2 unspecified atom stereocenters. The van der Waals surface area contributed by atoms with Crippen molar-refractivity contribution in [1.82, 2.24) is 5.32 Å². The summed E-state index contributed by atoms with van der Waals surface area (Å²) in [4.78, 5) is 0. The van der Waals surface area contributed by atoms with Crippen molar-refractivity contribution in [2.24, 2.45) is 5.92 Å². The molecule has 0 aromatic heterocycles. The number of unbranched alkanes of at least 4 members (excludes halogenated alkanes) is 1. The summed E-state index contributed by atoms with van der Waals surface area (Å²) >= 11 is 6.12. The third-order valence-electron chi connectivity index (χ3n) is 4.15. The predicted molar refractivity (Wildman–Crippen MR) is 90.5 cm³/mol. The van der Waals surface area contributed by atoms with Gasteiger partial charge in [0.05, 0.1) is 5.02 Å². The summed E-state index contributed by atoms with van der Waals surface area (Å²) in [5.74, 6) is 0.306. The summed E-state index contributed by atoms with van der Waals surface area (Å²) in [5.41, 5.74) is 0.917. The van der Waals surface area contributed by atoms with E-state index in [0.717, 1.165) is 31.4 Å². The molecule has 0 heterocycles. The minimum Gasteiger partial charge on any atom is -0.313 e. The molecule has 0 bridgehead atoms. The van der Waals surface area contributed by atoms with Crippen LogP contribution in [-0.4, -0.2) is 12.6 Å². The van der Waals surface area contributed by atoms with Gasteiger partial charge in [0.2, 0.25) is 0 Å². The van der Waals surface area contributed by atoms with E-state index in [-0.39, 0.29) is 10.8 Å². The fraction of sp³-hybridized carbons (Fsp3) is 0.667. The van der Waals surface area contributed by atoms with Crippen LogP contribution in [0.5, 0.6) is 0 Å². The van der Waals surface area contributed by atoms with Gasteiger partial charge in [0.25, 0.3) is 0 Å². The monoisotopic (exact) mass is 313 g/mol. The van der Waals surface area contributed by atoms with Crippen molar-refractivity contribution in [3.63, 3.8) is 0 Å². The Morgan fingerprint density at radius 2 is 1.95 bits per heavy atom. The molecule has 1 nitrogen and oxygen atoms in total. The van der Waals surface area contributed by atoms with Crippen LogP contribution in [0.4, 0.5) is 4.39 Å². The molecule has 3 heteroatoms. The second-order valence-electron chi connectivity index (χ2n) is 5.79. The second-order valence-corrected chi connectivity index (χ2v) is 6.17. The highest BCUT2D eigenvalue weighted by Gasteiger charge is 2.21. The van der Waals surface area contributed by atoms with Gasteiger partial charge >= 0.3 is 0 Å². The lowest BCUT2D eigenvalue weighted by Crippen LogP contribution is -2.38. The lowest BCUT2D eigenvalue weighted by molar-refractivity contribution is 0.315. The smallest absolute Gasteiger partial charge is 0.142 e. The summed E-state index contributed by atoms with van der Waals surface area (Å²) in [6, 6.07) is 5.49. The topological polar surface area (TPSA) is 12.0 Å². The van der Waals surface area contributed by atoms with Crippen LogP contribution < -0.4 is 5.32 Å². The maximum absolute atomic E-state index is 13.6. The molecule has 0 saturated heterocycles. The zero-order chi connectivity index (χ0) is 15.7. The Morgan fingerprint density at radius 3 is 2.57 bits per heavy atom. The Hall–Kier alpha value is -0.600. The summed E-state index contributed by atoms with van der Waals surface area (Å²) in [6.07, 6.45) is 6.75. The zero-order valence-corrected chi connectivity index (χ0v) is 14.3. The van der Waals surface area contributed by atoms with Crippen LogP contribution in [-0.2, 0) is 6.42 Å². The molecule has 0 radical (unpaired) electrons. The average molecular weight is 314 g/mol. The van der Waals surface area contributed by atoms with E-state index in [4.69, 9.17) is 11.6 Å². The van der Waals surface area contributed by atoms with Gasteiger partial charge < -0.3 is 5.32 Å². The molecule has 120 valence electrons. The van der Waals surface area contributed by atoms with E-state index in [1.165, 1.54) is 25.3 Å². The lowest BCUT2D eigenvalue weighted by Gasteiger charge is -2.28. The molecule has 2 atom stereocenters. The summed E-state index contributed by atoms with van der Waals surface area (Å²) in [7, 11) is 0. The first-order valence-corrected chi connectivity index (χ1v) is 8.68. The minimum atomic E-state index is -0.315. The van der Waals surface area contributed by atoms with E-state index in [1.54, 1.807) is 6.07 Å². The zero-order valence-electron chi connectivity index (χ0n) is 13.6. The Morgan fingerprint density at radius 1 is 1.19 bits per heavy atom. The predicted octanol–water partition coefficient (Wildman–Crippen LogP) is 5.61. The Balaban J connectivity index is 2.82. The molecule has 0 aliphatic heterocycles. The van der Waals surface area contributed by atoms with Gasteiger partial charge in [-0.2, -0.15) is 0 Å². The number of nitrogens with one attached hydrogen (secondary N) is 1.